The molecule has 3 heterocycles. The molecule has 0 unspecified atom stereocenters. The second-order valence-corrected chi connectivity index (χ2v) is 10.7. The first-order chi connectivity index (χ1) is 17.5. The van der Waals surface area contributed by atoms with Crippen molar-refractivity contribution in [1.82, 2.24) is 0 Å². The largest absolute Gasteiger partial charge is 0.408 e. The summed E-state index contributed by atoms with van der Waals surface area (Å²) in [4.78, 5) is 4.89. The Morgan fingerprint density at radius 3 is 1.39 bits per heavy atom. The van der Waals surface area contributed by atoms with E-state index in [0.29, 0.717) is 0 Å². The first-order valence-corrected chi connectivity index (χ1v) is 13.6. The van der Waals surface area contributed by atoms with Crippen LogP contribution in [0, 0.1) is 13.8 Å². The van der Waals surface area contributed by atoms with Gasteiger partial charge >= 0.3 is 10.3 Å². The van der Waals surface area contributed by atoms with E-state index in [2.05, 4.69) is 80.5 Å². The van der Waals surface area contributed by atoms with Gasteiger partial charge in [0.15, 0.2) is 0 Å². The Hall–Kier alpha value is -3.50. The van der Waals surface area contributed by atoms with Crippen molar-refractivity contribution in [2.24, 2.45) is 34.6 Å². The minimum Gasteiger partial charge on any atom is -0.368 e. The fourth-order valence-corrected chi connectivity index (χ4v) is 5.52. The summed E-state index contributed by atoms with van der Waals surface area (Å²) in [5, 5.41) is 23.5. The molecule has 0 N–H and O–H groups in total. The number of aromatic nitrogens is 2. The topological polar surface area (TPSA) is 63.7 Å². The number of rotatable bonds is 6. The average Bonchev–Trinajstić information content (AvgIpc) is 3.49. The van der Waals surface area contributed by atoms with Crippen LogP contribution in [0.5, 0.6) is 0 Å². The summed E-state index contributed by atoms with van der Waals surface area (Å²) in [5.74, 6) is 0. The molecule has 0 aliphatic carbocycles. The summed E-state index contributed by atoms with van der Waals surface area (Å²) in [6.07, 6.45) is 3.98. The fourth-order valence-electron chi connectivity index (χ4n) is 4.16. The van der Waals surface area contributed by atoms with Gasteiger partial charge in [0, 0.05) is 48.3 Å². The predicted octanol–water partition coefficient (Wildman–Crippen LogP) is 6.23. The second-order valence-electron chi connectivity index (χ2n) is 8.91. The van der Waals surface area contributed by atoms with Crippen LogP contribution in [0.2, 0.25) is 0 Å². The molecule has 1 saturated heterocycles. The van der Waals surface area contributed by atoms with Crippen molar-refractivity contribution in [1.29, 1.82) is 0 Å². The molecular weight excluding hydrogens is 488 g/mol. The van der Waals surface area contributed by atoms with Gasteiger partial charge in [-0.2, -0.15) is 0 Å². The first-order valence-electron chi connectivity index (χ1n) is 11.9. The first kappa shape index (κ1) is 24.2. The molecule has 184 valence electrons. The molecule has 0 bridgehead atoms. The number of nitrogens with zero attached hydrogens (tertiary/aromatic N) is 8. The van der Waals surface area contributed by atoms with E-state index in [-0.39, 0.29) is 0 Å². The number of anilines is 2. The summed E-state index contributed by atoms with van der Waals surface area (Å²) in [5.41, 5.74) is 6.56. The molecule has 8 nitrogen and oxygen atoms in total. The quantitative estimate of drug-likeness (QED) is 0.224. The van der Waals surface area contributed by atoms with Crippen LogP contribution < -0.4 is 18.9 Å². The van der Waals surface area contributed by atoms with E-state index in [0.717, 1.165) is 58.9 Å². The molecule has 1 aliphatic heterocycles. The molecule has 0 radical (unpaired) electrons. The number of thiazole rings is 2. The Morgan fingerprint density at radius 2 is 1.06 bits per heavy atom. The van der Waals surface area contributed by atoms with Gasteiger partial charge in [-0.25, -0.2) is 9.13 Å². The molecule has 0 atom stereocenters. The van der Waals surface area contributed by atoms with Gasteiger partial charge in [0.2, 0.25) is 0 Å². The van der Waals surface area contributed by atoms with Crippen LogP contribution in [-0.2, 0) is 14.1 Å². The predicted molar refractivity (Wildman–Crippen MR) is 146 cm³/mol. The highest BCUT2D eigenvalue weighted by Gasteiger charge is 2.19. The van der Waals surface area contributed by atoms with Crippen molar-refractivity contribution in [3.8, 4) is 0 Å². The molecule has 4 aromatic rings. The molecule has 1 aliphatic rings. The van der Waals surface area contributed by atoms with E-state index < -0.39 is 0 Å². The summed E-state index contributed by atoms with van der Waals surface area (Å²) in [6, 6.07) is 12.9. The zero-order valence-corrected chi connectivity index (χ0v) is 22.6. The van der Waals surface area contributed by atoms with Gasteiger partial charge in [-0.05, 0) is 94.3 Å². The molecule has 36 heavy (non-hydrogen) atoms. The lowest BCUT2D eigenvalue weighted by Crippen LogP contribution is -2.46. The van der Waals surface area contributed by atoms with Crippen molar-refractivity contribution < 1.29 is 9.13 Å². The van der Waals surface area contributed by atoms with Crippen molar-refractivity contribution in [2.75, 3.05) is 36.0 Å². The van der Waals surface area contributed by atoms with Crippen molar-refractivity contribution in [2.45, 2.75) is 13.8 Å². The molecule has 0 amide bonds. The monoisotopic (exact) mass is 518 g/mol. The number of benzene rings is 2. The number of piperazine rings is 1. The number of aryl methyl sites for hydroxylation is 4. The minimum absolute atomic E-state index is 0.887. The number of hydrogen-bond acceptors (Lipinski definition) is 8. The molecule has 2 aromatic heterocycles. The zero-order valence-electron chi connectivity index (χ0n) is 21.0. The van der Waals surface area contributed by atoms with Gasteiger partial charge in [0.1, 0.15) is 23.8 Å². The Balaban J connectivity index is 1.21. The van der Waals surface area contributed by atoms with Crippen LogP contribution in [0.15, 0.2) is 80.0 Å². The molecule has 2 aromatic carbocycles. The summed E-state index contributed by atoms with van der Waals surface area (Å²) in [6.45, 7) is 8.09. The highest BCUT2D eigenvalue weighted by atomic mass is 32.1. The molecule has 5 rings (SSSR count). The molecule has 1 fully saturated rings. The average molecular weight is 519 g/mol. The van der Waals surface area contributed by atoms with E-state index in [4.69, 9.17) is 0 Å². The van der Waals surface area contributed by atoms with Gasteiger partial charge < -0.3 is 9.80 Å². The Kier molecular flexibility index (Phi) is 7.15. The van der Waals surface area contributed by atoms with Crippen molar-refractivity contribution in [3.05, 3.63) is 70.7 Å². The third kappa shape index (κ3) is 5.34. The van der Waals surface area contributed by atoms with Crippen LogP contribution in [0.25, 0.3) is 0 Å². The lowest BCUT2D eigenvalue weighted by atomic mass is 10.1. The third-order valence-electron chi connectivity index (χ3n) is 6.38. The van der Waals surface area contributed by atoms with Gasteiger partial charge in [0.25, 0.3) is 0 Å². The molecule has 10 heteroatoms. The fraction of sp³-hybridized carbons (Fsp3) is 0.308. The van der Waals surface area contributed by atoms with Gasteiger partial charge in [-0.15, -0.1) is 0 Å². The second kappa shape index (κ2) is 10.6. The van der Waals surface area contributed by atoms with E-state index >= 15 is 0 Å². The molecule has 0 spiro atoms. The van der Waals surface area contributed by atoms with Crippen molar-refractivity contribution >= 4 is 55.7 Å². The van der Waals surface area contributed by atoms with Crippen LogP contribution in [0.3, 0.4) is 0 Å². The smallest absolute Gasteiger partial charge is 0.368 e. The van der Waals surface area contributed by atoms with E-state index in [1.807, 2.05) is 46.4 Å². The van der Waals surface area contributed by atoms with E-state index in [1.165, 1.54) is 11.4 Å². The maximum atomic E-state index is 4.47. The zero-order chi connectivity index (χ0) is 25.1. The SMILES string of the molecule is Cc1cc(N2CCN(c3ccc(N=Nc4scc[n+]4C)c(C)c3)CC2)ccc1N=Nc1scc[n+]1C. The minimum atomic E-state index is 0.887. The Bertz CT molecular complexity index is 1310. The highest BCUT2D eigenvalue weighted by Crippen LogP contribution is 2.30. The maximum absolute atomic E-state index is 4.47. The molecular formula is C26H30N8S2+2. The third-order valence-corrected chi connectivity index (χ3v) is 8.05. The number of hydrogen-bond donors (Lipinski definition) is 0. The highest BCUT2D eigenvalue weighted by molar-refractivity contribution is 7.13. The summed E-state index contributed by atoms with van der Waals surface area (Å²) >= 11 is 3.16. The van der Waals surface area contributed by atoms with Crippen LogP contribution in [0.4, 0.5) is 33.0 Å². The maximum Gasteiger partial charge on any atom is 0.408 e. The van der Waals surface area contributed by atoms with Gasteiger partial charge in [-0.1, -0.05) is 0 Å². The van der Waals surface area contributed by atoms with Gasteiger partial charge in [0.05, 0.1) is 24.3 Å². The molecule has 0 saturated carbocycles. The summed E-state index contributed by atoms with van der Waals surface area (Å²) in [7, 11) is 3.96. The van der Waals surface area contributed by atoms with E-state index in [9.17, 15) is 0 Å². The van der Waals surface area contributed by atoms with E-state index in [1.54, 1.807) is 22.7 Å². The van der Waals surface area contributed by atoms with Gasteiger partial charge in [-0.3, -0.25) is 0 Å². The van der Waals surface area contributed by atoms with Crippen LogP contribution in [0.1, 0.15) is 11.1 Å². The van der Waals surface area contributed by atoms with Crippen molar-refractivity contribution in [3.63, 3.8) is 0 Å². The summed E-state index contributed by atoms with van der Waals surface area (Å²) < 4.78 is 3.95. The van der Waals surface area contributed by atoms with Crippen LogP contribution in [-0.4, -0.2) is 26.2 Å². The van der Waals surface area contributed by atoms with Crippen LogP contribution >= 0.6 is 22.7 Å². The Morgan fingerprint density at radius 1 is 0.639 bits per heavy atom. The Labute approximate surface area is 219 Å². The lowest BCUT2D eigenvalue weighted by molar-refractivity contribution is -0.654. The lowest BCUT2D eigenvalue weighted by Gasteiger charge is -2.37. The normalized spacial score (nSPS) is 14.4. The number of azo groups is 2. The standard InChI is InChI=1S/C26H30N8S2/c1-19-17-21(5-7-23(19)27-29-25-31(3)13-15-35-25)33-9-11-34(12-10-33)22-6-8-24(20(2)18-22)28-30-26-32(4)14-16-36-26/h5-8,13-18H,9-12H2,1-4H3/q+2.